The predicted octanol–water partition coefficient (Wildman–Crippen LogP) is 2.42. The maximum absolute atomic E-state index is 12.3. The Labute approximate surface area is 125 Å². The van der Waals surface area contributed by atoms with Crippen molar-refractivity contribution in [3.8, 4) is 5.75 Å². The fourth-order valence-corrected chi connectivity index (χ4v) is 2.02. The van der Waals surface area contributed by atoms with E-state index in [1.807, 2.05) is 13.8 Å². The van der Waals surface area contributed by atoms with Gasteiger partial charge in [0, 0.05) is 18.7 Å². The number of hydrogen-bond acceptors (Lipinski definition) is 3. The number of carbonyl (C=O) groups excluding carboxylic acids is 2. The second kappa shape index (κ2) is 8.05. The highest BCUT2D eigenvalue weighted by Crippen LogP contribution is 2.15. The highest BCUT2D eigenvalue weighted by Gasteiger charge is 2.29. The molecule has 5 heteroatoms. The molecule has 0 spiro atoms. The van der Waals surface area contributed by atoms with Crippen LogP contribution in [0.4, 0.5) is 0 Å². The van der Waals surface area contributed by atoms with Crippen molar-refractivity contribution < 1.29 is 14.3 Å². The van der Waals surface area contributed by atoms with Crippen LogP contribution >= 0.6 is 0 Å². The number of hydrogen-bond donors (Lipinski definition) is 0. The average Bonchev–Trinajstić information content (AvgIpc) is 2.53. The maximum atomic E-state index is 12.3. The Morgan fingerprint density at radius 3 is 2.24 bits per heavy atom. The topological polar surface area (TPSA) is 51.0 Å². The molecule has 0 saturated heterocycles. The van der Waals surface area contributed by atoms with Crippen molar-refractivity contribution in [1.29, 1.82) is 0 Å². The third-order valence-corrected chi connectivity index (χ3v) is 3.32. The Morgan fingerprint density at radius 1 is 1.24 bits per heavy atom. The summed E-state index contributed by atoms with van der Waals surface area (Å²) in [5.74, 6) is 0.154. The number of benzene rings is 1. The van der Waals surface area contributed by atoms with Gasteiger partial charge in [-0.25, -0.2) is 6.57 Å². The van der Waals surface area contributed by atoms with Gasteiger partial charge in [0.05, 0.1) is 7.11 Å². The first-order valence-corrected chi connectivity index (χ1v) is 6.89. The molecular weight excluding hydrogens is 268 g/mol. The highest BCUT2D eigenvalue weighted by atomic mass is 16.5. The zero-order chi connectivity index (χ0) is 15.8. The van der Waals surface area contributed by atoms with Crippen LogP contribution < -0.4 is 4.74 Å². The number of nitrogens with zero attached hydrogens (tertiary/aromatic N) is 2. The molecule has 1 rings (SSSR count). The Morgan fingerprint density at radius 2 is 1.81 bits per heavy atom. The van der Waals surface area contributed by atoms with Crippen LogP contribution in [0, 0.1) is 6.57 Å². The van der Waals surface area contributed by atoms with Crippen LogP contribution in [-0.4, -0.2) is 42.8 Å². The molecule has 0 radical (unpaired) electrons. The third kappa shape index (κ3) is 4.32. The summed E-state index contributed by atoms with van der Waals surface area (Å²) in [7, 11) is 1.54. The van der Waals surface area contributed by atoms with Crippen LogP contribution in [0.15, 0.2) is 24.3 Å². The van der Waals surface area contributed by atoms with Gasteiger partial charge >= 0.3 is 0 Å². The van der Waals surface area contributed by atoms with Crippen molar-refractivity contribution in [2.75, 3.05) is 20.2 Å². The van der Waals surface area contributed by atoms with Gasteiger partial charge < -0.3 is 14.5 Å². The van der Waals surface area contributed by atoms with Crippen LogP contribution in [-0.2, 0) is 4.79 Å². The number of rotatable bonds is 7. The van der Waals surface area contributed by atoms with Crippen LogP contribution in [0.5, 0.6) is 5.75 Å². The Bertz CT molecular complexity index is 527. The Hall–Kier alpha value is -2.35. The molecular formula is C16H20N2O3. The third-order valence-electron chi connectivity index (χ3n) is 3.32. The summed E-state index contributed by atoms with van der Waals surface area (Å²) in [4.78, 5) is 29.3. The number of ether oxygens (including phenoxy) is 1. The minimum Gasteiger partial charge on any atom is -0.497 e. The zero-order valence-corrected chi connectivity index (χ0v) is 12.6. The second-order valence-electron chi connectivity index (χ2n) is 4.51. The highest BCUT2D eigenvalue weighted by molar-refractivity contribution is 6.03. The fourth-order valence-electron chi connectivity index (χ4n) is 2.02. The van der Waals surface area contributed by atoms with E-state index in [0.717, 1.165) is 0 Å². The van der Waals surface area contributed by atoms with E-state index in [-0.39, 0.29) is 18.1 Å². The van der Waals surface area contributed by atoms with Gasteiger partial charge in [0.15, 0.2) is 0 Å². The first kappa shape index (κ1) is 16.7. The molecule has 5 nitrogen and oxygen atoms in total. The van der Waals surface area contributed by atoms with Crippen molar-refractivity contribution in [3.63, 3.8) is 0 Å². The monoisotopic (exact) mass is 288 g/mol. The van der Waals surface area contributed by atoms with E-state index in [1.165, 1.54) is 0 Å². The molecule has 1 aromatic carbocycles. The second-order valence-corrected chi connectivity index (χ2v) is 4.51. The van der Waals surface area contributed by atoms with Gasteiger partial charge in [-0.3, -0.25) is 9.59 Å². The van der Waals surface area contributed by atoms with Crippen molar-refractivity contribution in [3.05, 3.63) is 41.2 Å². The lowest BCUT2D eigenvalue weighted by molar-refractivity contribution is -0.130. The average molecular weight is 288 g/mol. The van der Waals surface area contributed by atoms with Gasteiger partial charge in [-0.2, -0.15) is 0 Å². The molecule has 112 valence electrons. The molecule has 1 unspecified atom stereocenters. The molecule has 0 heterocycles. The number of ketones is 1. The lowest BCUT2D eigenvalue weighted by Crippen LogP contribution is -2.34. The van der Waals surface area contributed by atoms with Crippen LogP contribution in [0.1, 0.15) is 30.6 Å². The van der Waals surface area contributed by atoms with Crippen LogP contribution in [0.25, 0.3) is 4.85 Å². The molecule has 0 fully saturated rings. The quantitative estimate of drug-likeness (QED) is 0.572. The molecule has 21 heavy (non-hydrogen) atoms. The summed E-state index contributed by atoms with van der Waals surface area (Å²) >= 11 is 0. The summed E-state index contributed by atoms with van der Waals surface area (Å²) in [6.07, 6.45) is -0.0734. The van der Waals surface area contributed by atoms with Crippen molar-refractivity contribution in [1.82, 2.24) is 4.90 Å². The van der Waals surface area contributed by atoms with Gasteiger partial charge in [-0.15, -0.1) is 0 Å². The van der Waals surface area contributed by atoms with Gasteiger partial charge in [0.1, 0.15) is 12.2 Å². The standard InChI is InChI=1S/C16H20N2O3/c1-5-18(6-2)15(19)11-14(17-3)16(20)12-7-9-13(21-4)10-8-12/h7-10,14H,5-6,11H2,1-2,4H3. The van der Waals surface area contributed by atoms with Gasteiger partial charge in [0.2, 0.25) is 11.7 Å². The zero-order valence-electron chi connectivity index (χ0n) is 12.6. The maximum Gasteiger partial charge on any atom is 0.294 e. The molecule has 1 atom stereocenters. The van der Waals surface area contributed by atoms with E-state index in [4.69, 9.17) is 11.3 Å². The largest absolute Gasteiger partial charge is 0.497 e. The summed E-state index contributed by atoms with van der Waals surface area (Å²) in [5, 5.41) is 0. The first-order chi connectivity index (χ1) is 10.1. The van der Waals surface area contributed by atoms with E-state index in [0.29, 0.717) is 24.4 Å². The molecule has 0 N–H and O–H groups in total. The molecule has 0 saturated carbocycles. The van der Waals surface area contributed by atoms with Crippen molar-refractivity contribution in [2.45, 2.75) is 26.3 Å². The lowest BCUT2D eigenvalue weighted by atomic mass is 10.0. The van der Waals surface area contributed by atoms with Crippen LogP contribution in [0.2, 0.25) is 0 Å². The molecule has 0 aliphatic carbocycles. The number of carbonyl (C=O) groups is 2. The summed E-state index contributed by atoms with van der Waals surface area (Å²) < 4.78 is 5.03. The Balaban J connectivity index is 2.82. The van der Waals surface area contributed by atoms with Crippen LogP contribution in [0.3, 0.4) is 0 Å². The predicted molar refractivity (Wildman–Crippen MR) is 80.3 cm³/mol. The van der Waals surface area contributed by atoms with E-state index in [1.54, 1.807) is 36.3 Å². The number of amides is 1. The minimum atomic E-state index is -0.966. The van der Waals surface area contributed by atoms with Gasteiger partial charge in [-0.05, 0) is 38.1 Å². The molecule has 0 aromatic heterocycles. The molecule has 1 aromatic rings. The number of methoxy groups -OCH3 is 1. The SMILES string of the molecule is [C-]#[N+]C(CC(=O)N(CC)CC)C(=O)c1ccc(OC)cc1. The summed E-state index contributed by atoms with van der Waals surface area (Å²) in [5.41, 5.74) is 0.421. The van der Waals surface area contributed by atoms with E-state index >= 15 is 0 Å². The molecule has 0 aliphatic rings. The molecule has 0 bridgehead atoms. The molecule has 1 amide bonds. The summed E-state index contributed by atoms with van der Waals surface area (Å²) in [6.45, 7) is 12.1. The van der Waals surface area contributed by atoms with Gasteiger partial charge in [-0.1, -0.05) is 0 Å². The lowest BCUT2D eigenvalue weighted by Gasteiger charge is -2.18. The summed E-state index contributed by atoms with van der Waals surface area (Å²) in [6, 6.07) is 5.59. The minimum absolute atomic E-state index is 0.0734. The molecule has 0 aliphatic heterocycles. The van der Waals surface area contributed by atoms with Crippen molar-refractivity contribution >= 4 is 11.7 Å². The Kier molecular flexibility index (Phi) is 6.41. The normalized spacial score (nSPS) is 11.3. The fraction of sp³-hybridized carbons (Fsp3) is 0.438. The van der Waals surface area contributed by atoms with E-state index in [2.05, 4.69) is 4.85 Å². The number of Topliss-reactive ketones (excluding diaryl/α,β-unsaturated/α-hetero) is 1. The van der Waals surface area contributed by atoms with E-state index in [9.17, 15) is 9.59 Å². The van der Waals surface area contributed by atoms with Crippen molar-refractivity contribution in [2.24, 2.45) is 0 Å². The van der Waals surface area contributed by atoms with Gasteiger partial charge in [0.25, 0.3) is 6.04 Å². The first-order valence-electron chi connectivity index (χ1n) is 6.89. The smallest absolute Gasteiger partial charge is 0.294 e. The van der Waals surface area contributed by atoms with E-state index < -0.39 is 6.04 Å².